The second kappa shape index (κ2) is 9.85. The molecule has 2 aromatic carbocycles. The van der Waals surface area contributed by atoms with Crippen LogP contribution in [0.15, 0.2) is 52.9 Å². The lowest BCUT2D eigenvalue weighted by atomic mass is 10.1. The molecule has 36 heavy (non-hydrogen) atoms. The zero-order valence-corrected chi connectivity index (χ0v) is 20.5. The monoisotopic (exact) mass is 542 g/mol. The number of carboxylic acid groups (broad SMARTS) is 1. The molecule has 0 amide bonds. The van der Waals surface area contributed by atoms with Gasteiger partial charge in [0.25, 0.3) is 10.0 Å². The SMILES string of the molecule is COc1cc(C(=O)O)ccc1NS(=O)(=O)c1csc(N2CCN(c3ccc(C(F)(F)F)cc3)CC2)n1. The molecule has 1 aliphatic rings. The van der Waals surface area contributed by atoms with Crippen molar-refractivity contribution in [3.8, 4) is 5.75 Å². The number of anilines is 3. The highest BCUT2D eigenvalue weighted by molar-refractivity contribution is 7.92. The molecule has 1 fully saturated rings. The van der Waals surface area contributed by atoms with Gasteiger partial charge in [-0.1, -0.05) is 0 Å². The molecular weight excluding hydrogens is 521 g/mol. The Morgan fingerprint density at radius 1 is 1.08 bits per heavy atom. The smallest absolute Gasteiger partial charge is 0.416 e. The summed E-state index contributed by atoms with van der Waals surface area (Å²) in [6, 6.07) is 8.75. The number of methoxy groups -OCH3 is 1. The van der Waals surface area contributed by atoms with Crippen LogP contribution in [0.5, 0.6) is 5.75 Å². The number of benzene rings is 2. The van der Waals surface area contributed by atoms with Gasteiger partial charge >= 0.3 is 12.1 Å². The highest BCUT2D eigenvalue weighted by Crippen LogP contribution is 2.32. The fourth-order valence-electron chi connectivity index (χ4n) is 3.64. The molecule has 1 aromatic heterocycles. The number of piperazine rings is 1. The quantitative estimate of drug-likeness (QED) is 0.461. The van der Waals surface area contributed by atoms with Crippen LogP contribution < -0.4 is 19.3 Å². The number of sulfonamides is 1. The Bertz CT molecular complexity index is 1350. The van der Waals surface area contributed by atoms with Crippen molar-refractivity contribution in [3.05, 3.63) is 59.0 Å². The first-order chi connectivity index (χ1) is 17.0. The van der Waals surface area contributed by atoms with Crippen LogP contribution in [0.25, 0.3) is 0 Å². The topological polar surface area (TPSA) is 112 Å². The molecule has 14 heteroatoms. The van der Waals surface area contributed by atoms with E-state index in [1.807, 2.05) is 9.80 Å². The Hall–Kier alpha value is -3.52. The average molecular weight is 543 g/mol. The van der Waals surface area contributed by atoms with Gasteiger partial charge in [-0.05, 0) is 42.5 Å². The molecule has 0 atom stereocenters. The molecule has 0 radical (unpaired) electrons. The summed E-state index contributed by atoms with van der Waals surface area (Å²) >= 11 is 1.15. The van der Waals surface area contributed by atoms with Crippen LogP contribution in [0.3, 0.4) is 0 Å². The van der Waals surface area contributed by atoms with Gasteiger partial charge in [-0.25, -0.2) is 9.78 Å². The molecule has 0 spiro atoms. The summed E-state index contributed by atoms with van der Waals surface area (Å²) in [5.41, 5.74) is -0.00836. The number of hydrogen-bond acceptors (Lipinski definition) is 8. The Labute approximate surface area is 208 Å². The third kappa shape index (κ3) is 5.49. The van der Waals surface area contributed by atoms with Gasteiger partial charge in [-0.3, -0.25) is 4.72 Å². The highest BCUT2D eigenvalue weighted by atomic mass is 32.2. The second-order valence-electron chi connectivity index (χ2n) is 7.81. The number of nitrogens with zero attached hydrogens (tertiary/aromatic N) is 3. The Morgan fingerprint density at radius 3 is 2.31 bits per heavy atom. The van der Waals surface area contributed by atoms with E-state index in [-0.39, 0.29) is 22.0 Å². The minimum absolute atomic E-state index is 0.0494. The highest BCUT2D eigenvalue weighted by Gasteiger charge is 2.30. The van der Waals surface area contributed by atoms with Crippen LogP contribution in [0.2, 0.25) is 0 Å². The lowest BCUT2D eigenvalue weighted by molar-refractivity contribution is -0.137. The van der Waals surface area contributed by atoms with Crippen molar-refractivity contribution in [2.75, 3.05) is 47.8 Å². The number of carboxylic acids is 1. The molecule has 2 N–H and O–H groups in total. The molecular formula is C22H21F3N4O5S2. The van der Waals surface area contributed by atoms with Crippen molar-refractivity contribution in [2.45, 2.75) is 11.2 Å². The number of thiazole rings is 1. The van der Waals surface area contributed by atoms with Gasteiger partial charge in [0.05, 0.1) is 23.9 Å². The summed E-state index contributed by atoms with van der Waals surface area (Å²) in [7, 11) is -2.78. The third-order valence-electron chi connectivity index (χ3n) is 5.55. The lowest BCUT2D eigenvalue weighted by Crippen LogP contribution is -2.46. The van der Waals surface area contributed by atoms with Crippen molar-refractivity contribution < 1.29 is 36.2 Å². The predicted octanol–water partition coefficient (Wildman–Crippen LogP) is 4.00. The molecule has 9 nitrogen and oxygen atoms in total. The van der Waals surface area contributed by atoms with Crippen LogP contribution in [0.4, 0.5) is 29.7 Å². The van der Waals surface area contributed by atoms with Crippen molar-refractivity contribution >= 4 is 43.8 Å². The van der Waals surface area contributed by atoms with Gasteiger partial charge < -0.3 is 19.6 Å². The summed E-state index contributed by atoms with van der Waals surface area (Å²) < 4.78 is 71.6. The van der Waals surface area contributed by atoms with E-state index < -0.39 is 27.7 Å². The van der Waals surface area contributed by atoms with E-state index in [4.69, 9.17) is 9.84 Å². The van der Waals surface area contributed by atoms with Gasteiger partial charge in [0.1, 0.15) is 5.75 Å². The van der Waals surface area contributed by atoms with Crippen molar-refractivity contribution in [3.63, 3.8) is 0 Å². The molecule has 4 rings (SSSR count). The van der Waals surface area contributed by atoms with E-state index in [2.05, 4.69) is 9.71 Å². The maximum atomic E-state index is 12.9. The number of aromatic nitrogens is 1. The molecule has 1 saturated heterocycles. The zero-order valence-electron chi connectivity index (χ0n) is 18.8. The van der Waals surface area contributed by atoms with Crippen LogP contribution in [-0.2, 0) is 16.2 Å². The summed E-state index contributed by atoms with van der Waals surface area (Å²) in [4.78, 5) is 19.3. The number of carbonyl (C=O) groups is 1. The number of hydrogen-bond donors (Lipinski definition) is 2. The molecule has 0 saturated carbocycles. The predicted molar refractivity (Wildman–Crippen MR) is 129 cm³/mol. The molecule has 0 bridgehead atoms. The van der Waals surface area contributed by atoms with Crippen LogP contribution in [0, 0.1) is 0 Å². The zero-order chi connectivity index (χ0) is 26.1. The lowest BCUT2D eigenvalue weighted by Gasteiger charge is -2.36. The van der Waals surface area contributed by atoms with Crippen LogP contribution in [-0.4, -0.2) is 57.8 Å². The van der Waals surface area contributed by atoms with E-state index in [9.17, 15) is 26.4 Å². The fourth-order valence-corrected chi connectivity index (χ4v) is 5.86. The average Bonchev–Trinajstić information content (AvgIpc) is 3.35. The van der Waals surface area contributed by atoms with Gasteiger partial charge in [-0.15, -0.1) is 11.3 Å². The van der Waals surface area contributed by atoms with Crippen molar-refractivity contribution in [2.24, 2.45) is 0 Å². The maximum Gasteiger partial charge on any atom is 0.416 e. The van der Waals surface area contributed by atoms with Crippen LogP contribution in [0.1, 0.15) is 15.9 Å². The van der Waals surface area contributed by atoms with E-state index in [0.717, 1.165) is 23.5 Å². The maximum absolute atomic E-state index is 12.9. The fraction of sp³-hybridized carbons (Fsp3) is 0.273. The first-order valence-corrected chi connectivity index (χ1v) is 12.9. The van der Waals surface area contributed by atoms with E-state index in [1.165, 1.54) is 42.8 Å². The molecule has 0 unspecified atom stereocenters. The summed E-state index contributed by atoms with van der Waals surface area (Å²) in [5, 5.41) is 10.8. The Kier molecular flexibility index (Phi) is 7.00. The van der Waals surface area contributed by atoms with Crippen molar-refractivity contribution in [1.82, 2.24) is 4.98 Å². The van der Waals surface area contributed by atoms with E-state index >= 15 is 0 Å². The summed E-state index contributed by atoms with van der Waals surface area (Å²) in [6.07, 6.45) is -4.39. The molecule has 2 heterocycles. The molecule has 0 aliphatic carbocycles. The molecule has 3 aromatic rings. The molecule has 1 aliphatic heterocycles. The van der Waals surface area contributed by atoms with E-state index in [1.54, 1.807) is 0 Å². The van der Waals surface area contributed by atoms with E-state index in [0.29, 0.717) is 37.0 Å². The molecule has 192 valence electrons. The van der Waals surface area contributed by atoms with Gasteiger partial charge in [0.2, 0.25) is 0 Å². The third-order valence-corrected chi connectivity index (χ3v) is 7.85. The number of rotatable bonds is 7. The Balaban J connectivity index is 1.42. The minimum Gasteiger partial charge on any atom is -0.495 e. The first-order valence-electron chi connectivity index (χ1n) is 10.5. The van der Waals surface area contributed by atoms with Gasteiger partial charge in [0.15, 0.2) is 10.2 Å². The summed E-state index contributed by atoms with van der Waals surface area (Å²) in [6.45, 7) is 2.06. The number of halogens is 3. The first kappa shape index (κ1) is 25.6. The van der Waals surface area contributed by atoms with Crippen LogP contribution >= 0.6 is 11.3 Å². The number of aromatic carboxylic acids is 1. The second-order valence-corrected chi connectivity index (χ2v) is 10.3. The van der Waals surface area contributed by atoms with Gasteiger partial charge in [-0.2, -0.15) is 21.6 Å². The summed E-state index contributed by atoms with van der Waals surface area (Å²) in [5.74, 6) is -1.13. The van der Waals surface area contributed by atoms with Crippen molar-refractivity contribution in [1.29, 1.82) is 0 Å². The van der Waals surface area contributed by atoms with Gasteiger partial charge in [0, 0.05) is 37.2 Å². The normalized spacial score (nSPS) is 14.6. The number of nitrogens with one attached hydrogen (secondary N) is 1. The largest absolute Gasteiger partial charge is 0.495 e. The standard InChI is InChI=1S/C22H21F3N4O5S2/c1-34-18-12-14(20(30)31)2-7-17(18)27-36(32,33)19-13-35-21(26-19)29-10-8-28(9-11-29)16-5-3-15(4-6-16)22(23,24)25/h2-7,12-13,27H,8-11H2,1H3,(H,30,31). The number of ether oxygens (including phenoxy) is 1. The number of alkyl halides is 3. The Morgan fingerprint density at radius 2 is 1.72 bits per heavy atom. The minimum atomic E-state index is -4.39.